The Labute approximate surface area is 377 Å². The van der Waals surface area contributed by atoms with Gasteiger partial charge in [-0.25, -0.2) is 0 Å². The summed E-state index contributed by atoms with van der Waals surface area (Å²) in [5, 5.41) is 2.44. The highest BCUT2D eigenvalue weighted by Gasteiger charge is 2.37. The summed E-state index contributed by atoms with van der Waals surface area (Å²) in [4.78, 5) is 4.76. The average Bonchev–Trinajstić information content (AvgIpc) is 3.59. The maximum Gasteiger partial charge on any atom is 0.0546 e. The monoisotopic (exact) mass is 820 g/mol. The van der Waals surface area contributed by atoms with E-state index in [2.05, 4.69) is 267 Å². The van der Waals surface area contributed by atoms with Crippen LogP contribution in [0.2, 0.25) is 0 Å². The second-order valence-electron chi connectivity index (χ2n) is 17.4. The van der Waals surface area contributed by atoms with Crippen LogP contribution in [0, 0.1) is 6.92 Å². The molecular weight excluding hydrogens is 773 g/mol. The van der Waals surface area contributed by atoms with Crippen molar-refractivity contribution in [2.75, 3.05) is 9.80 Å². The largest absolute Gasteiger partial charge is 0.311 e. The maximum absolute atomic E-state index is 2.47. The highest BCUT2D eigenvalue weighted by molar-refractivity contribution is 5.99. The van der Waals surface area contributed by atoms with Crippen LogP contribution in [0.3, 0.4) is 0 Å². The summed E-state index contributed by atoms with van der Waals surface area (Å²) >= 11 is 0. The normalized spacial score (nSPS) is 12.4. The molecule has 0 unspecified atom stereocenters. The highest BCUT2D eigenvalue weighted by Crippen LogP contribution is 2.52. The van der Waals surface area contributed by atoms with E-state index in [1.54, 1.807) is 0 Å². The SMILES string of the molecule is Cc1cccc2c1-c1ccc(N(c3ccc(-c4ccc(-c5ccc(N(c6ccccc6)c6ccccc6)cc5)cc4)cc3)c3cc4ccccc4cc3-c3ccccc3)cc1C2(C)C. The number of aryl methyl sites for hydroxylation is 1. The Balaban J connectivity index is 0.957. The molecule has 0 aliphatic heterocycles. The van der Waals surface area contributed by atoms with Crippen molar-refractivity contribution in [3.63, 3.8) is 0 Å². The molecule has 0 spiro atoms. The predicted molar refractivity (Wildman–Crippen MR) is 272 cm³/mol. The van der Waals surface area contributed by atoms with Crippen LogP contribution in [0.5, 0.6) is 0 Å². The Bertz CT molecular complexity index is 3220. The van der Waals surface area contributed by atoms with E-state index in [-0.39, 0.29) is 5.41 Å². The van der Waals surface area contributed by atoms with Crippen molar-refractivity contribution < 1.29 is 0 Å². The van der Waals surface area contributed by atoms with E-state index < -0.39 is 0 Å². The van der Waals surface area contributed by atoms with Gasteiger partial charge in [-0.05, 0) is 146 Å². The first kappa shape index (κ1) is 38.9. The van der Waals surface area contributed by atoms with Gasteiger partial charge in [0.05, 0.1) is 5.69 Å². The molecule has 0 radical (unpaired) electrons. The Morgan fingerprint density at radius 1 is 0.312 bits per heavy atom. The fraction of sp³-hybridized carbons (Fsp3) is 0.0645. The van der Waals surface area contributed by atoms with Crippen LogP contribution >= 0.6 is 0 Å². The molecule has 0 heterocycles. The number of para-hydroxylation sites is 2. The van der Waals surface area contributed by atoms with Crippen LogP contribution in [-0.4, -0.2) is 0 Å². The third-order valence-electron chi connectivity index (χ3n) is 13.2. The summed E-state index contributed by atoms with van der Waals surface area (Å²) in [5.74, 6) is 0. The molecule has 2 heteroatoms. The van der Waals surface area contributed by atoms with Gasteiger partial charge in [-0.1, -0.05) is 178 Å². The zero-order chi connectivity index (χ0) is 43.2. The van der Waals surface area contributed by atoms with E-state index in [1.807, 2.05) is 0 Å². The molecule has 10 aromatic rings. The van der Waals surface area contributed by atoms with Gasteiger partial charge in [-0.15, -0.1) is 0 Å². The summed E-state index contributed by atoms with van der Waals surface area (Å²) in [5.41, 5.74) is 20.5. The third kappa shape index (κ3) is 6.94. The summed E-state index contributed by atoms with van der Waals surface area (Å²) in [6.45, 7) is 6.99. The number of benzene rings is 10. The van der Waals surface area contributed by atoms with Crippen molar-refractivity contribution in [2.45, 2.75) is 26.2 Å². The fourth-order valence-corrected chi connectivity index (χ4v) is 9.85. The van der Waals surface area contributed by atoms with Gasteiger partial charge in [0.15, 0.2) is 0 Å². The minimum absolute atomic E-state index is 0.132. The van der Waals surface area contributed by atoms with Crippen LogP contribution in [0.1, 0.15) is 30.5 Å². The van der Waals surface area contributed by atoms with Crippen LogP contribution in [0.15, 0.2) is 237 Å². The Kier molecular flexibility index (Phi) is 9.78. The predicted octanol–water partition coefficient (Wildman–Crippen LogP) is 17.4. The van der Waals surface area contributed by atoms with E-state index >= 15 is 0 Å². The van der Waals surface area contributed by atoms with Crippen molar-refractivity contribution in [3.8, 4) is 44.5 Å². The minimum Gasteiger partial charge on any atom is -0.311 e. The second kappa shape index (κ2) is 16.1. The van der Waals surface area contributed by atoms with Gasteiger partial charge in [-0.3, -0.25) is 0 Å². The van der Waals surface area contributed by atoms with E-state index in [0.29, 0.717) is 0 Å². The van der Waals surface area contributed by atoms with Gasteiger partial charge in [0.25, 0.3) is 0 Å². The van der Waals surface area contributed by atoms with Crippen molar-refractivity contribution in [1.82, 2.24) is 0 Å². The van der Waals surface area contributed by atoms with Crippen LogP contribution < -0.4 is 9.80 Å². The summed E-state index contributed by atoms with van der Waals surface area (Å²) in [6.07, 6.45) is 0. The molecule has 1 aliphatic carbocycles. The van der Waals surface area contributed by atoms with Crippen molar-refractivity contribution in [1.29, 1.82) is 0 Å². The lowest BCUT2D eigenvalue weighted by atomic mass is 9.82. The first-order chi connectivity index (χ1) is 31.4. The smallest absolute Gasteiger partial charge is 0.0546 e. The molecule has 1 aliphatic rings. The zero-order valence-electron chi connectivity index (χ0n) is 36.4. The molecule has 10 aromatic carbocycles. The number of anilines is 6. The number of fused-ring (bicyclic) bond motifs is 4. The molecule has 306 valence electrons. The topological polar surface area (TPSA) is 6.48 Å². The molecular formula is C62H48N2. The molecule has 2 nitrogen and oxygen atoms in total. The molecule has 64 heavy (non-hydrogen) atoms. The minimum atomic E-state index is -0.132. The number of hydrogen-bond donors (Lipinski definition) is 0. The second-order valence-corrected chi connectivity index (χ2v) is 17.4. The summed E-state index contributed by atoms with van der Waals surface area (Å²) in [6, 6.07) is 86.2. The lowest BCUT2D eigenvalue weighted by Gasteiger charge is -2.30. The zero-order valence-corrected chi connectivity index (χ0v) is 36.4. The fourth-order valence-electron chi connectivity index (χ4n) is 9.85. The first-order valence-electron chi connectivity index (χ1n) is 22.3. The van der Waals surface area contributed by atoms with Crippen LogP contribution in [0.25, 0.3) is 55.3 Å². The van der Waals surface area contributed by atoms with Crippen molar-refractivity contribution in [2.24, 2.45) is 0 Å². The van der Waals surface area contributed by atoms with Crippen molar-refractivity contribution in [3.05, 3.63) is 253 Å². The molecule has 0 N–H and O–H groups in total. The molecule has 0 saturated heterocycles. The molecule has 0 aromatic heterocycles. The van der Waals surface area contributed by atoms with Crippen LogP contribution in [-0.2, 0) is 5.41 Å². The molecule has 11 rings (SSSR count). The molecule has 0 amide bonds. The average molecular weight is 821 g/mol. The van der Waals surface area contributed by atoms with Crippen LogP contribution in [0.4, 0.5) is 34.1 Å². The summed E-state index contributed by atoms with van der Waals surface area (Å²) in [7, 11) is 0. The lowest BCUT2D eigenvalue weighted by Crippen LogP contribution is -2.17. The van der Waals surface area contributed by atoms with Gasteiger partial charge in [0, 0.05) is 39.4 Å². The first-order valence-corrected chi connectivity index (χ1v) is 22.3. The standard InChI is InChI=1S/C62H48N2/c1-43-16-15-25-58-61(43)56-39-38-55(42-59(56)62(58,2)3)64(60-41-50-20-14-13-19-49(50)40-57(60)48-17-7-4-8-18-48)54-36-32-47(33-37-54)45-28-26-44(27-29-45)46-30-34-53(35-31-46)63(51-21-9-5-10-22-51)52-23-11-6-12-24-52/h4-42H,1-3H3. The Morgan fingerprint density at radius 2 is 0.766 bits per heavy atom. The van der Waals surface area contributed by atoms with E-state index in [4.69, 9.17) is 0 Å². The Morgan fingerprint density at radius 3 is 1.33 bits per heavy atom. The maximum atomic E-state index is 2.47. The lowest BCUT2D eigenvalue weighted by molar-refractivity contribution is 0.660. The molecule has 0 atom stereocenters. The van der Waals surface area contributed by atoms with Gasteiger partial charge < -0.3 is 9.80 Å². The molecule has 0 saturated carbocycles. The van der Waals surface area contributed by atoms with E-state index in [0.717, 1.165) is 34.1 Å². The quantitative estimate of drug-likeness (QED) is 0.143. The van der Waals surface area contributed by atoms with Gasteiger partial charge in [-0.2, -0.15) is 0 Å². The van der Waals surface area contributed by atoms with Gasteiger partial charge >= 0.3 is 0 Å². The third-order valence-corrected chi connectivity index (χ3v) is 13.2. The molecule has 0 fully saturated rings. The highest BCUT2D eigenvalue weighted by atomic mass is 15.1. The Hall–Kier alpha value is -7.94. The molecule has 0 bridgehead atoms. The van der Waals surface area contributed by atoms with E-state index in [1.165, 1.54) is 72.0 Å². The number of rotatable bonds is 9. The van der Waals surface area contributed by atoms with Gasteiger partial charge in [0.1, 0.15) is 0 Å². The van der Waals surface area contributed by atoms with Gasteiger partial charge in [0.2, 0.25) is 0 Å². The van der Waals surface area contributed by atoms with E-state index in [9.17, 15) is 0 Å². The van der Waals surface area contributed by atoms with Crippen molar-refractivity contribution >= 4 is 44.9 Å². The number of nitrogens with zero attached hydrogens (tertiary/aromatic N) is 2. The number of hydrogen-bond acceptors (Lipinski definition) is 2. The summed E-state index contributed by atoms with van der Waals surface area (Å²) < 4.78 is 0.